The lowest BCUT2D eigenvalue weighted by atomic mass is 10.1. The summed E-state index contributed by atoms with van der Waals surface area (Å²) in [6, 6.07) is 8.47. The summed E-state index contributed by atoms with van der Waals surface area (Å²) in [7, 11) is 1.81. The first-order valence-electron chi connectivity index (χ1n) is 9.12. The standard InChI is InChI=1S/C19H30BrN3O2/c1-21-19(22-9-3-6-16-5-2-7-18(20)13-16)23-10-4-11-24-14-17-8-12-25-15-17/h2,5,7,13,17H,3-4,6,8-12,14-15H2,1H3,(H2,21,22,23). The van der Waals surface area contributed by atoms with E-state index in [4.69, 9.17) is 9.47 Å². The molecular weight excluding hydrogens is 382 g/mol. The molecule has 1 saturated heterocycles. The van der Waals surface area contributed by atoms with Gasteiger partial charge in [0.1, 0.15) is 0 Å². The minimum absolute atomic E-state index is 0.590. The van der Waals surface area contributed by atoms with Crippen molar-refractivity contribution in [2.45, 2.75) is 25.7 Å². The summed E-state index contributed by atoms with van der Waals surface area (Å²) in [5.41, 5.74) is 1.35. The van der Waals surface area contributed by atoms with Gasteiger partial charge in [-0.3, -0.25) is 4.99 Å². The number of aliphatic imine (C=N–C) groups is 1. The van der Waals surface area contributed by atoms with Crippen molar-refractivity contribution in [2.75, 3.05) is 46.6 Å². The third-order valence-corrected chi connectivity index (χ3v) is 4.68. The van der Waals surface area contributed by atoms with Crippen molar-refractivity contribution < 1.29 is 9.47 Å². The fraction of sp³-hybridized carbons (Fsp3) is 0.632. The zero-order chi connectivity index (χ0) is 17.7. The SMILES string of the molecule is CN=C(NCCCOCC1CCOC1)NCCCc1cccc(Br)c1. The van der Waals surface area contributed by atoms with Gasteiger partial charge in [0.15, 0.2) is 5.96 Å². The summed E-state index contributed by atoms with van der Waals surface area (Å²) < 4.78 is 12.2. The highest BCUT2D eigenvalue weighted by Crippen LogP contribution is 2.13. The second-order valence-electron chi connectivity index (χ2n) is 6.32. The first-order chi connectivity index (χ1) is 12.3. The summed E-state index contributed by atoms with van der Waals surface area (Å²) in [6.07, 6.45) is 4.24. The van der Waals surface area contributed by atoms with Gasteiger partial charge in [-0.2, -0.15) is 0 Å². The number of benzene rings is 1. The van der Waals surface area contributed by atoms with Crippen molar-refractivity contribution in [3.63, 3.8) is 0 Å². The van der Waals surface area contributed by atoms with Crippen LogP contribution in [0.2, 0.25) is 0 Å². The average molecular weight is 412 g/mol. The van der Waals surface area contributed by atoms with E-state index in [1.807, 2.05) is 0 Å². The lowest BCUT2D eigenvalue weighted by molar-refractivity contribution is 0.0888. The number of ether oxygens (including phenoxy) is 2. The Kier molecular flexibility index (Phi) is 9.92. The van der Waals surface area contributed by atoms with Crippen LogP contribution < -0.4 is 10.6 Å². The molecule has 0 amide bonds. The summed E-state index contributed by atoms with van der Waals surface area (Å²) in [5.74, 6) is 1.45. The number of rotatable bonds is 10. The topological polar surface area (TPSA) is 54.9 Å². The van der Waals surface area contributed by atoms with Crippen LogP contribution in [0.15, 0.2) is 33.7 Å². The Morgan fingerprint density at radius 3 is 2.88 bits per heavy atom. The van der Waals surface area contributed by atoms with Crippen LogP contribution >= 0.6 is 15.9 Å². The zero-order valence-corrected chi connectivity index (χ0v) is 16.7. The lowest BCUT2D eigenvalue weighted by Gasteiger charge is -2.12. The van der Waals surface area contributed by atoms with Crippen LogP contribution in [-0.2, 0) is 15.9 Å². The van der Waals surface area contributed by atoms with Gasteiger partial charge in [-0.15, -0.1) is 0 Å². The Morgan fingerprint density at radius 2 is 2.16 bits per heavy atom. The molecule has 1 aliphatic heterocycles. The van der Waals surface area contributed by atoms with Crippen LogP contribution in [-0.4, -0.2) is 52.5 Å². The van der Waals surface area contributed by atoms with Gasteiger partial charge in [0.25, 0.3) is 0 Å². The van der Waals surface area contributed by atoms with E-state index in [0.717, 1.165) is 75.6 Å². The predicted molar refractivity (Wildman–Crippen MR) is 106 cm³/mol. The molecule has 1 fully saturated rings. The van der Waals surface area contributed by atoms with E-state index in [-0.39, 0.29) is 0 Å². The molecule has 1 aromatic carbocycles. The highest BCUT2D eigenvalue weighted by atomic mass is 79.9. The molecule has 1 atom stereocenters. The van der Waals surface area contributed by atoms with Crippen molar-refractivity contribution in [3.05, 3.63) is 34.3 Å². The number of hydrogen-bond donors (Lipinski definition) is 2. The summed E-state index contributed by atoms with van der Waals surface area (Å²) in [6.45, 7) is 5.12. The van der Waals surface area contributed by atoms with Crippen LogP contribution in [0.3, 0.4) is 0 Å². The third-order valence-electron chi connectivity index (χ3n) is 4.18. The van der Waals surface area contributed by atoms with E-state index in [9.17, 15) is 0 Å². The molecule has 0 aliphatic carbocycles. The Balaban J connectivity index is 1.47. The quantitative estimate of drug-likeness (QED) is 0.353. The monoisotopic (exact) mass is 411 g/mol. The minimum Gasteiger partial charge on any atom is -0.381 e. The molecule has 1 aliphatic rings. The van der Waals surface area contributed by atoms with E-state index < -0.39 is 0 Å². The summed E-state index contributed by atoms with van der Waals surface area (Å²) >= 11 is 3.51. The molecular formula is C19H30BrN3O2. The molecule has 140 valence electrons. The van der Waals surface area contributed by atoms with Gasteiger partial charge in [-0.25, -0.2) is 0 Å². The largest absolute Gasteiger partial charge is 0.381 e. The highest BCUT2D eigenvalue weighted by molar-refractivity contribution is 9.10. The number of aryl methyl sites for hydroxylation is 1. The smallest absolute Gasteiger partial charge is 0.190 e. The maximum atomic E-state index is 5.71. The summed E-state index contributed by atoms with van der Waals surface area (Å²) in [5, 5.41) is 6.69. The average Bonchev–Trinajstić information content (AvgIpc) is 3.13. The van der Waals surface area contributed by atoms with Gasteiger partial charge in [-0.1, -0.05) is 28.1 Å². The molecule has 6 heteroatoms. The first-order valence-corrected chi connectivity index (χ1v) is 9.91. The Labute approximate surface area is 159 Å². The van der Waals surface area contributed by atoms with Gasteiger partial charge in [0.05, 0.1) is 13.2 Å². The van der Waals surface area contributed by atoms with Gasteiger partial charge in [0, 0.05) is 43.7 Å². The molecule has 25 heavy (non-hydrogen) atoms. The van der Waals surface area contributed by atoms with Crippen LogP contribution in [0.4, 0.5) is 0 Å². The van der Waals surface area contributed by atoms with Crippen molar-refractivity contribution in [1.29, 1.82) is 0 Å². The van der Waals surface area contributed by atoms with E-state index >= 15 is 0 Å². The molecule has 5 nitrogen and oxygen atoms in total. The molecule has 1 unspecified atom stereocenters. The molecule has 2 N–H and O–H groups in total. The predicted octanol–water partition coefficient (Wildman–Crippen LogP) is 2.99. The Hall–Kier alpha value is -1.11. The van der Waals surface area contributed by atoms with Crippen molar-refractivity contribution in [1.82, 2.24) is 10.6 Å². The van der Waals surface area contributed by atoms with Gasteiger partial charge < -0.3 is 20.1 Å². The van der Waals surface area contributed by atoms with E-state index in [1.165, 1.54) is 5.56 Å². The Bertz CT molecular complexity index is 519. The Morgan fingerprint density at radius 1 is 1.32 bits per heavy atom. The van der Waals surface area contributed by atoms with Gasteiger partial charge in [0.2, 0.25) is 0 Å². The second kappa shape index (κ2) is 12.3. The van der Waals surface area contributed by atoms with E-state index in [0.29, 0.717) is 5.92 Å². The lowest BCUT2D eigenvalue weighted by Crippen LogP contribution is -2.38. The molecule has 0 bridgehead atoms. The van der Waals surface area contributed by atoms with Gasteiger partial charge in [-0.05, 0) is 43.4 Å². The maximum absolute atomic E-state index is 5.71. The van der Waals surface area contributed by atoms with E-state index in [2.05, 4.69) is 55.8 Å². The van der Waals surface area contributed by atoms with Crippen molar-refractivity contribution in [2.24, 2.45) is 10.9 Å². The fourth-order valence-corrected chi connectivity index (χ4v) is 3.20. The minimum atomic E-state index is 0.590. The molecule has 1 heterocycles. The fourth-order valence-electron chi connectivity index (χ4n) is 2.76. The number of halogens is 1. The molecule has 0 spiro atoms. The summed E-state index contributed by atoms with van der Waals surface area (Å²) in [4.78, 5) is 4.26. The second-order valence-corrected chi connectivity index (χ2v) is 7.23. The molecule has 0 aromatic heterocycles. The van der Waals surface area contributed by atoms with Crippen molar-refractivity contribution >= 4 is 21.9 Å². The van der Waals surface area contributed by atoms with Crippen LogP contribution in [0.25, 0.3) is 0 Å². The van der Waals surface area contributed by atoms with E-state index in [1.54, 1.807) is 7.05 Å². The number of nitrogens with zero attached hydrogens (tertiary/aromatic N) is 1. The van der Waals surface area contributed by atoms with Crippen LogP contribution in [0, 0.1) is 5.92 Å². The molecule has 2 rings (SSSR count). The number of hydrogen-bond acceptors (Lipinski definition) is 3. The first kappa shape index (κ1) is 20.2. The molecule has 0 saturated carbocycles. The van der Waals surface area contributed by atoms with Crippen LogP contribution in [0.1, 0.15) is 24.8 Å². The number of nitrogens with one attached hydrogen (secondary N) is 2. The highest BCUT2D eigenvalue weighted by Gasteiger charge is 2.15. The van der Waals surface area contributed by atoms with Crippen LogP contribution in [0.5, 0.6) is 0 Å². The molecule has 0 radical (unpaired) electrons. The zero-order valence-electron chi connectivity index (χ0n) is 15.1. The molecule has 1 aromatic rings. The van der Waals surface area contributed by atoms with Gasteiger partial charge >= 0.3 is 0 Å². The third kappa shape index (κ3) is 8.70. The normalized spacial score (nSPS) is 17.7. The number of guanidine groups is 1. The maximum Gasteiger partial charge on any atom is 0.190 e. The van der Waals surface area contributed by atoms with Crippen molar-refractivity contribution in [3.8, 4) is 0 Å².